The van der Waals surface area contributed by atoms with Crippen LogP contribution >= 0.6 is 11.6 Å². The lowest BCUT2D eigenvalue weighted by atomic mass is 9.97. The van der Waals surface area contributed by atoms with Crippen LogP contribution in [0.2, 0.25) is 5.02 Å². The molecule has 1 fully saturated rings. The van der Waals surface area contributed by atoms with E-state index in [4.69, 9.17) is 11.6 Å². The molecular formula is C21H23ClN2O3S. The third-order valence-electron chi connectivity index (χ3n) is 4.80. The molecule has 0 atom stereocenters. The number of hydrogen-bond donors (Lipinski definition) is 1. The fourth-order valence-electron chi connectivity index (χ4n) is 3.13. The van der Waals surface area contributed by atoms with Crippen molar-refractivity contribution >= 4 is 33.6 Å². The van der Waals surface area contributed by atoms with Gasteiger partial charge in [-0.2, -0.15) is 4.31 Å². The molecule has 5 nitrogen and oxygen atoms in total. The number of hydrogen-bond acceptors (Lipinski definition) is 3. The van der Waals surface area contributed by atoms with Gasteiger partial charge in [-0.3, -0.25) is 4.79 Å². The van der Waals surface area contributed by atoms with E-state index in [9.17, 15) is 13.2 Å². The maximum Gasteiger partial charge on any atom is 0.236 e. The highest BCUT2D eigenvalue weighted by molar-refractivity contribution is 7.92. The van der Waals surface area contributed by atoms with Crippen LogP contribution in [0.25, 0.3) is 6.08 Å². The average molecular weight is 419 g/mol. The maximum atomic E-state index is 12.5. The van der Waals surface area contributed by atoms with Gasteiger partial charge in [-0.25, -0.2) is 8.42 Å². The Morgan fingerprint density at radius 3 is 2.36 bits per heavy atom. The summed E-state index contributed by atoms with van der Waals surface area (Å²) in [4.78, 5) is 12.4. The number of nitrogens with zero attached hydrogens (tertiary/aromatic N) is 1. The minimum Gasteiger partial charge on any atom is -0.352 e. The van der Waals surface area contributed by atoms with E-state index >= 15 is 0 Å². The lowest BCUT2D eigenvalue weighted by molar-refractivity contribution is -0.126. The van der Waals surface area contributed by atoms with Crippen molar-refractivity contribution in [2.24, 2.45) is 5.92 Å². The summed E-state index contributed by atoms with van der Waals surface area (Å²) in [5, 5.41) is 4.76. The Morgan fingerprint density at radius 2 is 1.71 bits per heavy atom. The Morgan fingerprint density at radius 1 is 1.07 bits per heavy atom. The number of halogens is 1. The molecule has 1 aliphatic heterocycles. The summed E-state index contributed by atoms with van der Waals surface area (Å²) in [6.45, 7) is 1.18. The highest BCUT2D eigenvalue weighted by Crippen LogP contribution is 2.21. The molecule has 2 aromatic carbocycles. The van der Waals surface area contributed by atoms with Crippen molar-refractivity contribution in [1.82, 2.24) is 9.62 Å². The van der Waals surface area contributed by atoms with Gasteiger partial charge >= 0.3 is 0 Å². The minimum atomic E-state index is -3.51. The predicted molar refractivity (Wildman–Crippen MR) is 112 cm³/mol. The number of sulfonamides is 1. The van der Waals surface area contributed by atoms with E-state index < -0.39 is 10.0 Å². The summed E-state index contributed by atoms with van der Waals surface area (Å²) in [7, 11) is -3.51. The van der Waals surface area contributed by atoms with Gasteiger partial charge in [0.05, 0.1) is 0 Å². The molecule has 1 amide bonds. The van der Waals surface area contributed by atoms with Crippen molar-refractivity contribution in [3.05, 3.63) is 76.2 Å². The molecule has 1 saturated heterocycles. The second kappa shape index (κ2) is 9.37. The molecule has 0 aliphatic carbocycles. The van der Waals surface area contributed by atoms with E-state index in [2.05, 4.69) is 5.32 Å². The molecule has 0 aromatic heterocycles. The minimum absolute atomic E-state index is 0.0161. The van der Waals surface area contributed by atoms with Crippen molar-refractivity contribution in [3.8, 4) is 0 Å². The first-order valence-corrected chi connectivity index (χ1v) is 11.1. The number of piperidine rings is 1. The molecule has 1 heterocycles. The SMILES string of the molecule is O=C(NCc1ccccc1)C1CCN(S(=O)(=O)C=Cc2ccc(Cl)cc2)CC1. The van der Waals surface area contributed by atoms with Crippen LogP contribution in [0.5, 0.6) is 0 Å². The van der Waals surface area contributed by atoms with Gasteiger partial charge in [-0.05, 0) is 42.2 Å². The van der Waals surface area contributed by atoms with Gasteiger partial charge in [-0.15, -0.1) is 0 Å². The van der Waals surface area contributed by atoms with Crippen LogP contribution in [0, 0.1) is 5.92 Å². The second-order valence-electron chi connectivity index (χ2n) is 6.78. The predicted octanol–water partition coefficient (Wildman–Crippen LogP) is 3.67. The van der Waals surface area contributed by atoms with Crippen LogP contribution in [0.1, 0.15) is 24.0 Å². The summed E-state index contributed by atoms with van der Waals surface area (Å²) in [6.07, 6.45) is 2.60. The highest BCUT2D eigenvalue weighted by Gasteiger charge is 2.29. The molecule has 148 valence electrons. The molecule has 0 spiro atoms. The summed E-state index contributed by atoms with van der Waals surface area (Å²) in [6, 6.07) is 16.7. The second-order valence-corrected chi connectivity index (χ2v) is 9.03. The van der Waals surface area contributed by atoms with E-state index in [1.54, 1.807) is 30.3 Å². The first kappa shape index (κ1) is 20.6. The maximum absolute atomic E-state index is 12.5. The van der Waals surface area contributed by atoms with E-state index in [1.165, 1.54) is 9.71 Å². The van der Waals surface area contributed by atoms with Crippen LogP contribution in [0.4, 0.5) is 0 Å². The van der Waals surface area contributed by atoms with Crippen LogP contribution in [-0.4, -0.2) is 31.7 Å². The van der Waals surface area contributed by atoms with Crippen LogP contribution in [-0.2, 0) is 21.4 Å². The molecule has 0 unspecified atom stereocenters. The summed E-state index contributed by atoms with van der Waals surface area (Å²) < 4.78 is 26.5. The van der Waals surface area contributed by atoms with Crippen molar-refractivity contribution in [1.29, 1.82) is 0 Å². The molecule has 2 aromatic rings. The highest BCUT2D eigenvalue weighted by atomic mass is 35.5. The summed E-state index contributed by atoms with van der Waals surface area (Å²) in [5.74, 6) is -0.173. The zero-order valence-corrected chi connectivity index (χ0v) is 17.0. The van der Waals surface area contributed by atoms with Gasteiger partial charge in [0.1, 0.15) is 0 Å². The van der Waals surface area contributed by atoms with Crippen LogP contribution in [0.3, 0.4) is 0 Å². The van der Waals surface area contributed by atoms with E-state index in [1.807, 2.05) is 30.3 Å². The zero-order valence-electron chi connectivity index (χ0n) is 15.4. The Hall–Kier alpha value is -2.15. The number of carbonyl (C=O) groups excluding carboxylic acids is 1. The first-order chi connectivity index (χ1) is 13.4. The van der Waals surface area contributed by atoms with Crippen molar-refractivity contribution < 1.29 is 13.2 Å². The topological polar surface area (TPSA) is 66.5 Å². The fourth-order valence-corrected chi connectivity index (χ4v) is 4.47. The Bertz CT molecular complexity index is 920. The lowest BCUT2D eigenvalue weighted by Gasteiger charge is -2.29. The van der Waals surface area contributed by atoms with Gasteiger partial charge in [0.25, 0.3) is 0 Å². The molecule has 0 radical (unpaired) electrons. The zero-order chi connectivity index (χ0) is 20.0. The molecular weight excluding hydrogens is 396 g/mol. The fraction of sp³-hybridized carbons (Fsp3) is 0.286. The molecule has 0 saturated carbocycles. The number of rotatable bonds is 6. The van der Waals surface area contributed by atoms with Crippen LogP contribution in [0.15, 0.2) is 60.0 Å². The standard InChI is InChI=1S/C21H23ClN2O3S/c22-20-8-6-17(7-9-20)12-15-28(26,27)24-13-10-19(11-14-24)21(25)23-16-18-4-2-1-3-5-18/h1-9,12,15,19H,10-11,13-14,16H2,(H,23,25). The monoisotopic (exact) mass is 418 g/mol. The third-order valence-corrected chi connectivity index (χ3v) is 6.61. The molecule has 0 bridgehead atoms. The Kier molecular flexibility index (Phi) is 6.88. The van der Waals surface area contributed by atoms with E-state index in [0.29, 0.717) is 37.5 Å². The molecule has 1 N–H and O–H groups in total. The quantitative estimate of drug-likeness (QED) is 0.778. The van der Waals surface area contributed by atoms with Gasteiger partial charge in [0, 0.05) is 36.0 Å². The third kappa shape index (κ3) is 5.67. The van der Waals surface area contributed by atoms with Crippen molar-refractivity contribution in [3.63, 3.8) is 0 Å². The lowest BCUT2D eigenvalue weighted by Crippen LogP contribution is -2.42. The summed E-state index contributed by atoms with van der Waals surface area (Å²) in [5.41, 5.74) is 1.81. The largest absolute Gasteiger partial charge is 0.352 e. The van der Waals surface area contributed by atoms with E-state index in [0.717, 1.165) is 11.1 Å². The molecule has 1 aliphatic rings. The van der Waals surface area contributed by atoms with Gasteiger partial charge in [-0.1, -0.05) is 54.1 Å². The number of benzene rings is 2. The average Bonchev–Trinajstić information content (AvgIpc) is 2.72. The molecule has 28 heavy (non-hydrogen) atoms. The molecule has 7 heteroatoms. The number of amides is 1. The van der Waals surface area contributed by atoms with Gasteiger partial charge in [0.15, 0.2) is 0 Å². The van der Waals surface area contributed by atoms with Gasteiger partial charge in [0.2, 0.25) is 15.9 Å². The van der Waals surface area contributed by atoms with E-state index in [-0.39, 0.29) is 11.8 Å². The molecule has 3 rings (SSSR count). The Balaban J connectivity index is 1.50. The Labute approximate surface area is 171 Å². The van der Waals surface area contributed by atoms with Crippen LogP contribution < -0.4 is 5.32 Å². The van der Waals surface area contributed by atoms with Crippen molar-refractivity contribution in [2.45, 2.75) is 19.4 Å². The van der Waals surface area contributed by atoms with Gasteiger partial charge < -0.3 is 5.32 Å². The first-order valence-electron chi connectivity index (χ1n) is 9.19. The summed E-state index contributed by atoms with van der Waals surface area (Å²) >= 11 is 5.84. The van der Waals surface area contributed by atoms with Crippen molar-refractivity contribution in [2.75, 3.05) is 13.1 Å². The number of nitrogens with one attached hydrogen (secondary N) is 1. The normalized spacial score (nSPS) is 16.3. The number of carbonyl (C=O) groups is 1. The smallest absolute Gasteiger partial charge is 0.236 e.